The van der Waals surface area contributed by atoms with Crippen molar-refractivity contribution in [2.75, 3.05) is 0 Å². The number of hydrogen-bond donors (Lipinski definition) is 0. The van der Waals surface area contributed by atoms with Crippen LogP contribution in [0.2, 0.25) is 0 Å². The van der Waals surface area contributed by atoms with E-state index in [-0.39, 0.29) is 12.1 Å². The van der Waals surface area contributed by atoms with Crippen molar-refractivity contribution in [2.45, 2.75) is 63.3 Å². The molecule has 0 aromatic rings. The van der Waals surface area contributed by atoms with Crippen LogP contribution in [0.5, 0.6) is 0 Å². The molecule has 3 atom stereocenters. The Morgan fingerprint density at radius 3 is 2.07 bits per heavy atom. The lowest BCUT2D eigenvalue weighted by Gasteiger charge is -2.24. The summed E-state index contributed by atoms with van der Waals surface area (Å²) in [5.41, 5.74) is 0. The van der Waals surface area contributed by atoms with Crippen molar-refractivity contribution in [2.24, 2.45) is 0 Å². The summed E-state index contributed by atoms with van der Waals surface area (Å²) in [6, 6.07) is -1.23. The lowest BCUT2D eigenvalue weighted by atomic mass is 9.95. The highest BCUT2D eigenvalue weighted by molar-refractivity contribution is 5.07. The van der Waals surface area contributed by atoms with Crippen LogP contribution < -0.4 is 0 Å². The van der Waals surface area contributed by atoms with Gasteiger partial charge in [-0.1, -0.05) is 19.3 Å². The first kappa shape index (κ1) is 10.3. The number of alkyl halides is 3. The molecule has 2 fully saturated rings. The number of halogens is 3. The maximum absolute atomic E-state index is 12.5. The van der Waals surface area contributed by atoms with Crippen LogP contribution in [0.15, 0.2) is 0 Å². The third-order valence-corrected chi connectivity index (χ3v) is 3.49. The van der Waals surface area contributed by atoms with Gasteiger partial charge in [0.1, 0.15) is 6.04 Å². The van der Waals surface area contributed by atoms with E-state index < -0.39 is 12.2 Å². The van der Waals surface area contributed by atoms with Gasteiger partial charge in [-0.05, 0) is 19.8 Å². The average Bonchev–Trinajstić information content (AvgIpc) is 2.78. The molecule has 1 nitrogen and oxygen atoms in total. The molecule has 1 aliphatic heterocycles. The second kappa shape index (κ2) is 3.40. The standard InChI is InChI=1S/C10H16F3N/c1-7-9(10(11,12)13)14(7)8-5-3-2-4-6-8/h7-9H,2-6H2,1H3/t7-,9-,14?/m0/s1. The number of hydrogen-bond acceptors (Lipinski definition) is 1. The molecule has 0 bridgehead atoms. The Bertz CT molecular complexity index is 208. The molecule has 4 heteroatoms. The predicted octanol–water partition coefficient (Wildman–Crippen LogP) is 2.95. The Labute approximate surface area is 82.3 Å². The molecule has 1 saturated carbocycles. The van der Waals surface area contributed by atoms with Gasteiger partial charge in [0.15, 0.2) is 0 Å². The first-order chi connectivity index (χ1) is 6.52. The van der Waals surface area contributed by atoms with Gasteiger partial charge in [-0.2, -0.15) is 13.2 Å². The highest BCUT2D eigenvalue weighted by atomic mass is 19.4. The zero-order valence-corrected chi connectivity index (χ0v) is 8.35. The van der Waals surface area contributed by atoms with E-state index in [0.29, 0.717) is 0 Å². The maximum atomic E-state index is 12.5. The maximum Gasteiger partial charge on any atom is 0.405 e. The predicted molar refractivity (Wildman–Crippen MR) is 48.0 cm³/mol. The Morgan fingerprint density at radius 2 is 1.64 bits per heavy atom. The zero-order chi connectivity index (χ0) is 10.3. The molecule has 0 amide bonds. The Kier molecular flexibility index (Phi) is 2.50. The van der Waals surface area contributed by atoms with Gasteiger partial charge in [-0.25, -0.2) is 0 Å². The quantitative estimate of drug-likeness (QED) is 0.597. The van der Waals surface area contributed by atoms with Crippen LogP contribution in [0.1, 0.15) is 39.0 Å². The highest BCUT2D eigenvalue weighted by Gasteiger charge is 2.62. The van der Waals surface area contributed by atoms with Gasteiger partial charge in [0.2, 0.25) is 0 Å². The van der Waals surface area contributed by atoms with E-state index >= 15 is 0 Å². The second-order valence-corrected chi connectivity index (χ2v) is 4.47. The molecule has 2 rings (SSSR count). The highest BCUT2D eigenvalue weighted by Crippen LogP contribution is 2.45. The van der Waals surface area contributed by atoms with Crippen molar-refractivity contribution < 1.29 is 13.2 Å². The fourth-order valence-electron chi connectivity index (χ4n) is 2.75. The molecular formula is C10H16F3N. The lowest BCUT2D eigenvalue weighted by Crippen LogP contribution is -2.29. The minimum Gasteiger partial charge on any atom is -0.283 e. The lowest BCUT2D eigenvalue weighted by molar-refractivity contribution is -0.139. The molecule has 14 heavy (non-hydrogen) atoms. The zero-order valence-electron chi connectivity index (χ0n) is 8.35. The largest absolute Gasteiger partial charge is 0.405 e. The van der Waals surface area contributed by atoms with Crippen molar-refractivity contribution in [1.82, 2.24) is 4.90 Å². The van der Waals surface area contributed by atoms with Gasteiger partial charge in [0, 0.05) is 12.1 Å². The van der Waals surface area contributed by atoms with E-state index in [1.807, 2.05) is 0 Å². The third kappa shape index (κ3) is 1.76. The van der Waals surface area contributed by atoms with Crippen LogP contribution in [0.3, 0.4) is 0 Å². The fraction of sp³-hybridized carbons (Fsp3) is 1.00. The molecule has 1 saturated heterocycles. The minimum absolute atomic E-state index is 0.199. The summed E-state index contributed by atoms with van der Waals surface area (Å²) in [6.07, 6.45) is 1.27. The van der Waals surface area contributed by atoms with Crippen LogP contribution in [0.25, 0.3) is 0 Å². The van der Waals surface area contributed by atoms with Crippen molar-refractivity contribution in [3.63, 3.8) is 0 Å². The van der Waals surface area contributed by atoms with Crippen molar-refractivity contribution in [3.8, 4) is 0 Å². The summed E-state index contributed by atoms with van der Waals surface area (Å²) in [7, 11) is 0. The van der Waals surface area contributed by atoms with Crippen molar-refractivity contribution in [3.05, 3.63) is 0 Å². The van der Waals surface area contributed by atoms with Crippen LogP contribution in [-0.4, -0.2) is 29.2 Å². The Balaban J connectivity index is 1.94. The van der Waals surface area contributed by atoms with E-state index in [1.165, 1.54) is 6.42 Å². The molecular weight excluding hydrogens is 191 g/mol. The van der Waals surface area contributed by atoms with Crippen LogP contribution in [0.4, 0.5) is 13.2 Å². The summed E-state index contributed by atoms with van der Waals surface area (Å²) in [5, 5.41) is 0. The SMILES string of the molecule is C[C@H]1[C@@H](C(F)(F)F)N1C1CCCCC1. The van der Waals surface area contributed by atoms with Gasteiger partial charge >= 0.3 is 6.18 Å². The van der Waals surface area contributed by atoms with E-state index in [1.54, 1.807) is 11.8 Å². The van der Waals surface area contributed by atoms with Gasteiger partial charge < -0.3 is 0 Å². The monoisotopic (exact) mass is 207 g/mol. The van der Waals surface area contributed by atoms with Crippen LogP contribution in [-0.2, 0) is 0 Å². The number of rotatable bonds is 1. The fourth-order valence-corrected chi connectivity index (χ4v) is 2.75. The molecule has 0 aromatic heterocycles. The summed E-state index contributed by atoms with van der Waals surface area (Å²) < 4.78 is 37.4. The molecule has 0 spiro atoms. The van der Waals surface area contributed by atoms with Crippen LogP contribution >= 0.6 is 0 Å². The topological polar surface area (TPSA) is 3.01 Å². The summed E-state index contributed by atoms with van der Waals surface area (Å²) in [4.78, 5) is 1.65. The van der Waals surface area contributed by atoms with Crippen molar-refractivity contribution in [1.29, 1.82) is 0 Å². The van der Waals surface area contributed by atoms with Gasteiger partial charge in [0.25, 0.3) is 0 Å². The smallest absolute Gasteiger partial charge is 0.283 e. The van der Waals surface area contributed by atoms with Gasteiger partial charge in [-0.15, -0.1) is 0 Å². The molecule has 82 valence electrons. The molecule has 0 aromatic carbocycles. The molecule has 1 unspecified atom stereocenters. The summed E-state index contributed by atoms with van der Waals surface area (Å²) in [6.45, 7) is 1.69. The normalized spacial score (nSPS) is 39.9. The second-order valence-electron chi connectivity index (χ2n) is 4.47. The van der Waals surface area contributed by atoms with Crippen LogP contribution in [0, 0.1) is 0 Å². The minimum atomic E-state index is -4.02. The van der Waals surface area contributed by atoms with Gasteiger partial charge in [0.05, 0.1) is 0 Å². The first-order valence-electron chi connectivity index (χ1n) is 5.36. The Morgan fingerprint density at radius 1 is 1.07 bits per heavy atom. The summed E-state index contributed by atoms with van der Waals surface area (Å²) in [5.74, 6) is 0. The Hall–Kier alpha value is -0.250. The molecule has 1 heterocycles. The van der Waals surface area contributed by atoms with Crippen molar-refractivity contribution >= 4 is 0 Å². The van der Waals surface area contributed by atoms with E-state index in [2.05, 4.69) is 0 Å². The molecule has 0 N–H and O–H groups in total. The van der Waals surface area contributed by atoms with Gasteiger partial charge in [-0.3, -0.25) is 4.90 Å². The molecule has 1 aliphatic carbocycles. The third-order valence-electron chi connectivity index (χ3n) is 3.49. The summed E-state index contributed by atoms with van der Waals surface area (Å²) >= 11 is 0. The average molecular weight is 207 g/mol. The van der Waals surface area contributed by atoms with E-state index in [9.17, 15) is 13.2 Å². The molecule has 0 radical (unpaired) electrons. The van der Waals surface area contributed by atoms with E-state index in [0.717, 1.165) is 25.7 Å². The number of nitrogens with zero attached hydrogens (tertiary/aromatic N) is 1. The first-order valence-corrected chi connectivity index (χ1v) is 5.36. The molecule has 2 aliphatic rings. The van der Waals surface area contributed by atoms with E-state index in [4.69, 9.17) is 0 Å².